The number of hydrogen-bond donors (Lipinski definition) is 1. The summed E-state index contributed by atoms with van der Waals surface area (Å²) in [5.74, 6) is 2.85. The van der Waals surface area contributed by atoms with Crippen LogP contribution in [0.3, 0.4) is 0 Å². The van der Waals surface area contributed by atoms with Crippen molar-refractivity contribution in [1.82, 2.24) is 15.2 Å². The fourth-order valence-electron chi connectivity index (χ4n) is 3.57. The Morgan fingerprint density at radius 1 is 1.40 bits per heavy atom. The molecular formula is C15H24N4S. The van der Waals surface area contributed by atoms with E-state index >= 15 is 0 Å². The van der Waals surface area contributed by atoms with Crippen molar-refractivity contribution in [1.29, 1.82) is 0 Å². The van der Waals surface area contributed by atoms with Gasteiger partial charge in [0.05, 0.1) is 17.7 Å². The maximum absolute atomic E-state index is 4.47. The maximum Gasteiger partial charge on any atom is 0.193 e. The highest BCUT2D eigenvalue weighted by Crippen LogP contribution is 2.35. The van der Waals surface area contributed by atoms with E-state index in [0.29, 0.717) is 0 Å². The normalized spacial score (nSPS) is 26.7. The largest absolute Gasteiger partial charge is 0.351 e. The van der Waals surface area contributed by atoms with Crippen LogP contribution < -0.4 is 5.32 Å². The quantitative estimate of drug-likeness (QED) is 0.673. The third kappa shape index (κ3) is 2.82. The lowest BCUT2D eigenvalue weighted by Gasteiger charge is -2.22. The van der Waals surface area contributed by atoms with Crippen molar-refractivity contribution in [2.45, 2.75) is 39.2 Å². The number of aliphatic imine (C=N–C) groups is 1. The van der Waals surface area contributed by atoms with Gasteiger partial charge in [-0.25, -0.2) is 4.98 Å². The second-order valence-electron chi connectivity index (χ2n) is 5.97. The van der Waals surface area contributed by atoms with Crippen molar-refractivity contribution >= 4 is 17.3 Å². The number of nitrogens with zero attached hydrogens (tertiary/aromatic N) is 3. The molecule has 20 heavy (non-hydrogen) atoms. The molecule has 1 aromatic heterocycles. The van der Waals surface area contributed by atoms with Gasteiger partial charge in [-0.2, -0.15) is 0 Å². The van der Waals surface area contributed by atoms with Crippen LogP contribution in [-0.4, -0.2) is 36.0 Å². The first kappa shape index (κ1) is 13.9. The van der Waals surface area contributed by atoms with Crippen molar-refractivity contribution in [3.63, 3.8) is 0 Å². The van der Waals surface area contributed by atoms with Crippen LogP contribution >= 0.6 is 11.3 Å². The number of thiazole rings is 1. The van der Waals surface area contributed by atoms with Gasteiger partial charge in [-0.05, 0) is 31.6 Å². The van der Waals surface area contributed by atoms with Crippen LogP contribution in [0.15, 0.2) is 10.5 Å². The van der Waals surface area contributed by atoms with Gasteiger partial charge in [-0.3, -0.25) is 4.99 Å². The first-order valence-electron chi connectivity index (χ1n) is 7.62. The Morgan fingerprint density at radius 2 is 2.10 bits per heavy atom. The van der Waals surface area contributed by atoms with E-state index in [1.807, 2.05) is 12.6 Å². The van der Waals surface area contributed by atoms with E-state index in [9.17, 15) is 0 Å². The van der Waals surface area contributed by atoms with E-state index in [4.69, 9.17) is 0 Å². The Hall–Kier alpha value is -1.10. The molecule has 2 atom stereocenters. The van der Waals surface area contributed by atoms with Crippen LogP contribution in [0.25, 0.3) is 0 Å². The van der Waals surface area contributed by atoms with Crippen LogP contribution in [-0.2, 0) is 6.54 Å². The highest BCUT2D eigenvalue weighted by atomic mass is 32.1. The molecule has 1 saturated heterocycles. The molecule has 2 fully saturated rings. The molecule has 1 aromatic rings. The van der Waals surface area contributed by atoms with Crippen molar-refractivity contribution in [3.8, 4) is 0 Å². The summed E-state index contributed by atoms with van der Waals surface area (Å²) < 4.78 is 0. The summed E-state index contributed by atoms with van der Waals surface area (Å²) in [5.41, 5.74) is 3.05. The average molecular weight is 292 g/mol. The van der Waals surface area contributed by atoms with Gasteiger partial charge in [-0.15, -0.1) is 11.3 Å². The SMILES string of the molecule is CN=C(NCc1scnc1C)N1CC2CCCCC2C1. The lowest BCUT2D eigenvalue weighted by Crippen LogP contribution is -2.39. The lowest BCUT2D eigenvalue weighted by atomic mass is 9.82. The smallest absolute Gasteiger partial charge is 0.193 e. The van der Waals surface area contributed by atoms with E-state index in [1.165, 1.54) is 43.6 Å². The minimum Gasteiger partial charge on any atom is -0.351 e. The molecule has 3 rings (SSSR count). The first-order valence-corrected chi connectivity index (χ1v) is 8.50. The number of guanidine groups is 1. The van der Waals surface area contributed by atoms with Gasteiger partial charge < -0.3 is 10.2 Å². The fraction of sp³-hybridized carbons (Fsp3) is 0.733. The average Bonchev–Trinajstić information content (AvgIpc) is 3.06. The van der Waals surface area contributed by atoms with Gasteiger partial charge in [0, 0.05) is 25.0 Å². The molecule has 1 saturated carbocycles. The molecule has 1 aliphatic carbocycles. The lowest BCUT2D eigenvalue weighted by molar-refractivity contribution is 0.299. The summed E-state index contributed by atoms with van der Waals surface area (Å²) in [6.07, 6.45) is 5.65. The van der Waals surface area contributed by atoms with Gasteiger partial charge in [0.1, 0.15) is 0 Å². The molecule has 0 radical (unpaired) electrons. The van der Waals surface area contributed by atoms with Crippen molar-refractivity contribution in [2.75, 3.05) is 20.1 Å². The van der Waals surface area contributed by atoms with Crippen LogP contribution in [0, 0.1) is 18.8 Å². The number of likely N-dealkylation sites (tertiary alicyclic amines) is 1. The summed E-state index contributed by atoms with van der Waals surface area (Å²) >= 11 is 1.72. The zero-order chi connectivity index (χ0) is 13.9. The summed E-state index contributed by atoms with van der Waals surface area (Å²) in [4.78, 5) is 12.5. The second-order valence-corrected chi connectivity index (χ2v) is 6.91. The summed E-state index contributed by atoms with van der Waals surface area (Å²) in [6.45, 7) is 5.29. The van der Waals surface area contributed by atoms with E-state index in [-0.39, 0.29) is 0 Å². The van der Waals surface area contributed by atoms with E-state index in [1.54, 1.807) is 11.3 Å². The molecular weight excluding hydrogens is 268 g/mol. The first-order chi connectivity index (χ1) is 9.78. The van der Waals surface area contributed by atoms with E-state index in [0.717, 1.165) is 30.0 Å². The molecule has 2 aliphatic rings. The monoisotopic (exact) mass is 292 g/mol. The van der Waals surface area contributed by atoms with Crippen LogP contribution in [0.2, 0.25) is 0 Å². The predicted molar refractivity (Wildman–Crippen MR) is 84.1 cm³/mol. The Morgan fingerprint density at radius 3 is 2.65 bits per heavy atom. The molecule has 2 unspecified atom stereocenters. The van der Waals surface area contributed by atoms with Crippen LogP contribution in [0.5, 0.6) is 0 Å². The standard InChI is InChI=1S/C15H24N4S/c1-11-14(20-10-18-11)7-17-15(16-2)19-8-12-5-3-4-6-13(12)9-19/h10,12-13H,3-9H2,1-2H3,(H,16,17). The number of aromatic nitrogens is 1. The highest BCUT2D eigenvalue weighted by Gasteiger charge is 2.35. The number of rotatable bonds is 2. The maximum atomic E-state index is 4.47. The van der Waals surface area contributed by atoms with Gasteiger partial charge in [0.15, 0.2) is 5.96 Å². The molecule has 2 heterocycles. The number of nitrogens with one attached hydrogen (secondary N) is 1. The fourth-order valence-corrected chi connectivity index (χ4v) is 4.28. The van der Waals surface area contributed by atoms with E-state index in [2.05, 4.69) is 27.1 Å². The Kier molecular flexibility index (Phi) is 4.24. The molecule has 4 nitrogen and oxygen atoms in total. The van der Waals surface area contributed by atoms with Crippen molar-refractivity contribution in [3.05, 3.63) is 16.1 Å². The van der Waals surface area contributed by atoms with Crippen LogP contribution in [0.1, 0.15) is 36.3 Å². The number of fused-ring (bicyclic) bond motifs is 1. The molecule has 1 N–H and O–H groups in total. The van der Waals surface area contributed by atoms with Crippen molar-refractivity contribution in [2.24, 2.45) is 16.8 Å². The second kappa shape index (κ2) is 6.12. The highest BCUT2D eigenvalue weighted by molar-refractivity contribution is 7.09. The Bertz CT molecular complexity index is 468. The molecule has 0 bridgehead atoms. The molecule has 5 heteroatoms. The third-order valence-electron chi connectivity index (χ3n) is 4.74. The zero-order valence-corrected chi connectivity index (χ0v) is 13.2. The summed E-state index contributed by atoms with van der Waals surface area (Å²) in [5, 5.41) is 3.51. The molecule has 110 valence electrons. The minimum absolute atomic E-state index is 0.842. The number of hydrogen-bond acceptors (Lipinski definition) is 3. The van der Waals surface area contributed by atoms with Gasteiger partial charge in [0.2, 0.25) is 0 Å². The van der Waals surface area contributed by atoms with E-state index < -0.39 is 0 Å². The van der Waals surface area contributed by atoms with Crippen LogP contribution in [0.4, 0.5) is 0 Å². The molecule has 0 amide bonds. The Labute approximate surface area is 125 Å². The Balaban J connectivity index is 1.59. The molecule has 0 spiro atoms. The third-order valence-corrected chi connectivity index (χ3v) is 5.67. The minimum atomic E-state index is 0.842. The number of aryl methyl sites for hydroxylation is 1. The zero-order valence-electron chi connectivity index (χ0n) is 12.4. The molecule has 0 aromatic carbocycles. The van der Waals surface area contributed by atoms with Gasteiger partial charge >= 0.3 is 0 Å². The van der Waals surface area contributed by atoms with Gasteiger partial charge in [0.25, 0.3) is 0 Å². The summed E-state index contributed by atoms with van der Waals surface area (Å²) in [6, 6.07) is 0. The summed E-state index contributed by atoms with van der Waals surface area (Å²) in [7, 11) is 1.89. The van der Waals surface area contributed by atoms with Gasteiger partial charge in [-0.1, -0.05) is 12.8 Å². The predicted octanol–water partition coefficient (Wildman–Crippen LogP) is 2.65. The molecule has 1 aliphatic heterocycles. The topological polar surface area (TPSA) is 40.5 Å². The van der Waals surface area contributed by atoms with Crippen molar-refractivity contribution < 1.29 is 0 Å².